The van der Waals surface area contributed by atoms with Crippen molar-refractivity contribution >= 4 is 27.5 Å². The zero-order chi connectivity index (χ0) is 30.0. The number of nitrogens with zero attached hydrogens (tertiary/aromatic N) is 2. The van der Waals surface area contributed by atoms with Crippen LogP contribution >= 0.6 is 0 Å². The molecule has 0 saturated heterocycles. The molecule has 0 fully saturated rings. The summed E-state index contributed by atoms with van der Waals surface area (Å²) in [6, 6.07) is 24.3. The number of aryl methyl sites for hydroxylation is 2. The summed E-state index contributed by atoms with van der Waals surface area (Å²) >= 11 is 0. The van der Waals surface area contributed by atoms with Gasteiger partial charge in [0.05, 0.1) is 11.9 Å². The van der Waals surface area contributed by atoms with E-state index in [-0.39, 0.29) is 37.2 Å². The van der Waals surface area contributed by atoms with Gasteiger partial charge >= 0.3 is 0 Å². The maximum absolute atomic E-state index is 13.9. The van der Waals surface area contributed by atoms with Crippen LogP contribution in [-0.4, -0.2) is 50.5 Å². The van der Waals surface area contributed by atoms with Gasteiger partial charge in [-0.15, -0.1) is 0 Å². The number of sulfonamides is 1. The summed E-state index contributed by atoms with van der Waals surface area (Å²) in [5.41, 5.74) is 4.41. The number of amides is 2. The van der Waals surface area contributed by atoms with Gasteiger partial charge in [0.2, 0.25) is 21.8 Å². The zero-order valence-corrected chi connectivity index (χ0v) is 25.7. The van der Waals surface area contributed by atoms with E-state index >= 15 is 0 Å². The standard InChI is InChI=1S/C33H43N3O4S/c1-25(2)23-34-33(38)31(22-28-13-8-6-9-14-28)35(24-29-15-10-7-11-16-29)32(37)17-12-18-36(41(5,39)40)30-20-26(3)19-27(4)21-30/h6-11,13-16,19-21,25,31H,12,17-18,22-24H2,1-5H3,(H,34,38)/t31-/m1/s1. The van der Waals surface area contributed by atoms with E-state index in [9.17, 15) is 18.0 Å². The Bertz CT molecular complexity index is 1370. The molecule has 0 bridgehead atoms. The van der Waals surface area contributed by atoms with E-state index in [2.05, 4.69) is 5.32 Å². The number of carbonyl (C=O) groups is 2. The Labute approximate surface area is 245 Å². The molecule has 41 heavy (non-hydrogen) atoms. The van der Waals surface area contributed by atoms with Crippen LogP contribution < -0.4 is 9.62 Å². The van der Waals surface area contributed by atoms with Gasteiger partial charge in [0.1, 0.15) is 6.04 Å². The summed E-state index contributed by atoms with van der Waals surface area (Å²) in [5, 5.41) is 3.03. The highest BCUT2D eigenvalue weighted by atomic mass is 32.2. The van der Waals surface area contributed by atoms with E-state index in [0.29, 0.717) is 25.1 Å². The molecule has 0 spiro atoms. The maximum Gasteiger partial charge on any atom is 0.243 e. The molecular formula is C33H43N3O4S. The van der Waals surface area contributed by atoms with Crippen LogP contribution in [0.4, 0.5) is 5.69 Å². The van der Waals surface area contributed by atoms with Crippen molar-refractivity contribution < 1.29 is 18.0 Å². The summed E-state index contributed by atoms with van der Waals surface area (Å²) < 4.78 is 26.8. The molecule has 0 saturated carbocycles. The van der Waals surface area contributed by atoms with Gasteiger partial charge in [-0.05, 0) is 60.6 Å². The molecule has 0 aliphatic heterocycles. The van der Waals surface area contributed by atoms with Gasteiger partial charge < -0.3 is 10.2 Å². The molecule has 7 nitrogen and oxygen atoms in total. The molecular weight excluding hydrogens is 534 g/mol. The van der Waals surface area contributed by atoms with Crippen molar-refractivity contribution in [1.29, 1.82) is 0 Å². The topological polar surface area (TPSA) is 86.8 Å². The van der Waals surface area contributed by atoms with Crippen molar-refractivity contribution in [1.82, 2.24) is 10.2 Å². The lowest BCUT2D eigenvalue weighted by Crippen LogP contribution is -2.51. The summed E-state index contributed by atoms with van der Waals surface area (Å²) in [7, 11) is -3.56. The van der Waals surface area contributed by atoms with E-state index in [1.54, 1.807) is 4.90 Å². The third-order valence-corrected chi connectivity index (χ3v) is 7.99. The van der Waals surface area contributed by atoms with Gasteiger partial charge in [-0.3, -0.25) is 13.9 Å². The van der Waals surface area contributed by atoms with Crippen LogP contribution in [-0.2, 0) is 32.6 Å². The van der Waals surface area contributed by atoms with Crippen molar-refractivity contribution in [2.24, 2.45) is 5.92 Å². The van der Waals surface area contributed by atoms with E-state index in [0.717, 1.165) is 22.3 Å². The van der Waals surface area contributed by atoms with Crippen molar-refractivity contribution in [2.75, 3.05) is 23.7 Å². The number of hydrogen-bond acceptors (Lipinski definition) is 4. The normalized spacial score (nSPS) is 12.1. The Hall–Kier alpha value is -3.65. The fourth-order valence-electron chi connectivity index (χ4n) is 4.86. The fourth-order valence-corrected chi connectivity index (χ4v) is 5.80. The minimum atomic E-state index is -3.56. The molecule has 0 aliphatic rings. The molecule has 0 radical (unpaired) electrons. The smallest absolute Gasteiger partial charge is 0.243 e. The molecule has 8 heteroatoms. The molecule has 0 unspecified atom stereocenters. The number of carbonyl (C=O) groups excluding carboxylic acids is 2. The first-order valence-electron chi connectivity index (χ1n) is 14.1. The Kier molecular flexibility index (Phi) is 11.5. The number of anilines is 1. The van der Waals surface area contributed by atoms with Crippen LogP contribution in [0.2, 0.25) is 0 Å². The second-order valence-electron chi connectivity index (χ2n) is 11.1. The summed E-state index contributed by atoms with van der Waals surface area (Å²) in [6.07, 6.45) is 1.98. The SMILES string of the molecule is Cc1cc(C)cc(N(CCCC(=O)N(Cc2ccccc2)[C@H](Cc2ccccc2)C(=O)NCC(C)C)S(C)(=O)=O)c1. The molecule has 220 valence electrons. The minimum absolute atomic E-state index is 0.104. The van der Waals surface area contributed by atoms with Gasteiger partial charge in [0.25, 0.3) is 0 Å². The van der Waals surface area contributed by atoms with E-state index in [1.807, 2.05) is 107 Å². The van der Waals surface area contributed by atoms with E-state index < -0.39 is 16.1 Å². The van der Waals surface area contributed by atoms with Crippen molar-refractivity contribution in [3.05, 3.63) is 101 Å². The first-order valence-corrected chi connectivity index (χ1v) is 16.0. The largest absolute Gasteiger partial charge is 0.354 e. The summed E-state index contributed by atoms with van der Waals surface area (Å²) in [6.45, 7) is 8.87. The lowest BCUT2D eigenvalue weighted by Gasteiger charge is -2.32. The molecule has 2 amide bonds. The van der Waals surface area contributed by atoms with Crippen LogP contribution in [0, 0.1) is 19.8 Å². The third-order valence-electron chi connectivity index (χ3n) is 6.80. The highest BCUT2D eigenvalue weighted by Gasteiger charge is 2.30. The fraction of sp³-hybridized carbons (Fsp3) is 0.394. The lowest BCUT2D eigenvalue weighted by molar-refractivity contribution is -0.141. The first-order chi connectivity index (χ1) is 19.4. The van der Waals surface area contributed by atoms with Gasteiger partial charge in [0.15, 0.2) is 0 Å². The van der Waals surface area contributed by atoms with Crippen LogP contribution in [0.5, 0.6) is 0 Å². The summed E-state index contributed by atoms with van der Waals surface area (Å²) in [5.74, 6) is -0.120. The predicted molar refractivity (Wildman–Crippen MR) is 166 cm³/mol. The highest BCUT2D eigenvalue weighted by Crippen LogP contribution is 2.23. The molecule has 1 N–H and O–H groups in total. The quantitative estimate of drug-likeness (QED) is 0.283. The molecule has 1 atom stereocenters. The van der Waals surface area contributed by atoms with Crippen LogP contribution in [0.1, 0.15) is 48.9 Å². The van der Waals surface area contributed by atoms with Crippen molar-refractivity contribution in [3.63, 3.8) is 0 Å². The second-order valence-corrected chi connectivity index (χ2v) is 13.0. The third kappa shape index (κ3) is 10.0. The van der Waals surface area contributed by atoms with Crippen LogP contribution in [0.3, 0.4) is 0 Å². The molecule has 3 aromatic carbocycles. The van der Waals surface area contributed by atoms with Gasteiger partial charge in [-0.2, -0.15) is 0 Å². The number of benzene rings is 3. The lowest BCUT2D eigenvalue weighted by atomic mass is 10.0. The van der Waals surface area contributed by atoms with Crippen LogP contribution in [0.25, 0.3) is 0 Å². The number of nitrogens with one attached hydrogen (secondary N) is 1. The average Bonchev–Trinajstić information content (AvgIpc) is 2.91. The van der Waals surface area contributed by atoms with Crippen molar-refractivity contribution in [3.8, 4) is 0 Å². The number of rotatable bonds is 14. The van der Waals surface area contributed by atoms with Gasteiger partial charge in [0, 0.05) is 32.5 Å². The first kappa shape index (κ1) is 31.9. The Morgan fingerprint density at radius 1 is 0.854 bits per heavy atom. The minimum Gasteiger partial charge on any atom is -0.354 e. The molecule has 0 aromatic heterocycles. The highest BCUT2D eigenvalue weighted by molar-refractivity contribution is 7.92. The van der Waals surface area contributed by atoms with Crippen molar-refractivity contribution in [2.45, 2.75) is 59.5 Å². The van der Waals surface area contributed by atoms with Crippen LogP contribution in [0.15, 0.2) is 78.9 Å². The van der Waals surface area contributed by atoms with E-state index in [1.165, 1.54) is 10.6 Å². The monoisotopic (exact) mass is 577 g/mol. The molecule has 0 aliphatic carbocycles. The summed E-state index contributed by atoms with van der Waals surface area (Å²) in [4.78, 5) is 29.1. The molecule has 0 heterocycles. The van der Waals surface area contributed by atoms with Gasteiger partial charge in [-0.25, -0.2) is 8.42 Å². The average molecular weight is 578 g/mol. The Balaban J connectivity index is 1.87. The number of hydrogen-bond donors (Lipinski definition) is 1. The zero-order valence-electron chi connectivity index (χ0n) is 24.8. The second kappa shape index (κ2) is 14.8. The predicted octanol–water partition coefficient (Wildman–Crippen LogP) is 5.26. The van der Waals surface area contributed by atoms with Gasteiger partial charge in [-0.1, -0.05) is 80.6 Å². The Morgan fingerprint density at radius 3 is 1.95 bits per heavy atom. The molecule has 3 aromatic rings. The maximum atomic E-state index is 13.9. The Morgan fingerprint density at radius 2 is 1.41 bits per heavy atom. The molecule has 3 rings (SSSR count). The van der Waals surface area contributed by atoms with E-state index in [4.69, 9.17) is 0 Å².